The molecule has 9 heteroatoms. The van der Waals surface area contributed by atoms with Gasteiger partial charge >= 0.3 is 0 Å². The number of amides is 2. The molecule has 1 saturated carbocycles. The van der Waals surface area contributed by atoms with Gasteiger partial charge in [0.15, 0.2) is 5.65 Å². The molecule has 3 aromatic rings. The first-order valence-corrected chi connectivity index (χ1v) is 12.9. The van der Waals surface area contributed by atoms with E-state index in [1.807, 2.05) is 32.2 Å². The van der Waals surface area contributed by atoms with Gasteiger partial charge in [0.1, 0.15) is 5.69 Å². The minimum absolute atomic E-state index is 0.0439. The Balaban J connectivity index is 1.41. The van der Waals surface area contributed by atoms with Gasteiger partial charge in [0, 0.05) is 31.1 Å². The predicted molar refractivity (Wildman–Crippen MR) is 132 cm³/mol. The van der Waals surface area contributed by atoms with Crippen LogP contribution in [0.25, 0.3) is 5.65 Å². The zero-order valence-corrected chi connectivity index (χ0v) is 20.8. The third kappa shape index (κ3) is 4.94. The quantitative estimate of drug-likeness (QED) is 0.543. The lowest BCUT2D eigenvalue weighted by Crippen LogP contribution is -2.36. The summed E-state index contributed by atoms with van der Waals surface area (Å²) in [7, 11) is 0. The molecule has 0 aromatic carbocycles. The number of nitrogens with one attached hydrogen (secondary N) is 2. The van der Waals surface area contributed by atoms with E-state index >= 15 is 0 Å². The first-order chi connectivity index (χ1) is 16.9. The van der Waals surface area contributed by atoms with Gasteiger partial charge in [-0.2, -0.15) is 10.2 Å². The second-order valence-electron chi connectivity index (χ2n) is 10.3. The first-order valence-electron chi connectivity index (χ1n) is 12.9. The average Bonchev–Trinajstić information content (AvgIpc) is 3.56. The fraction of sp³-hybridized carbons (Fsp3) is 0.577. The molecule has 2 amide bonds. The summed E-state index contributed by atoms with van der Waals surface area (Å²) in [4.78, 5) is 30.3. The van der Waals surface area contributed by atoms with Crippen LogP contribution < -0.4 is 10.6 Å². The van der Waals surface area contributed by atoms with Crippen LogP contribution in [0, 0.1) is 17.8 Å². The lowest BCUT2D eigenvalue weighted by molar-refractivity contribution is -0.122. The van der Waals surface area contributed by atoms with E-state index < -0.39 is 0 Å². The largest absolute Gasteiger partial charge is 0.353 e. The summed E-state index contributed by atoms with van der Waals surface area (Å²) in [5, 5.41) is 15.3. The summed E-state index contributed by atoms with van der Waals surface area (Å²) in [5.41, 5.74) is 3.01. The van der Waals surface area contributed by atoms with Crippen LogP contribution >= 0.6 is 0 Å². The zero-order chi connectivity index (χ0) is 24.5. The minimum Gasteiger partial charge on any atom is -0.353 e. The number of rotatable bonds is 7. The maximum Gasteiger partial charge on any atom is 0.270 e. The van der Waals surface area contributed by atoms with Gasteiger partial charge in [0.2, 0.25) is 5.91 Å². The molecule has 4 heterocycles. The van der Waals surface area contributed by atoms with Crippen molar-refractivity contribution in [3.63, 3.8) is 0 Å². The molecule has 1 aliphatic heterocycles. The van der Waals surface area contributed by atoms with Crippen molar-refractivity contribution in [2.75, 3.05) is 0 Å². The molecule has 1 aliphatic carbocycles. The molecule has 186 valence electrons. The van der Waals surface area contributed by atoms with Crippen molar-refractivity contribution in [2.45, 2.75) is 77.9 Å². The van der Waals surface area contributed by atoms with Gasteiger partial charge in [0.25, 0.3) is 5.91 Å². The number of aromatic nitrogens is 5. The number of carbonyl (C=O) groups is 2. The molecule has 0 bridgehead atoms. The Bertz CT molecular complexity index is 1210. The average molecular weight is 478 g/mol. The third-order valence-corrected chi connectivity index (χ3v) is 7.63. The molecule has 2 N–H and O–H groups in total. The van der Waals surface area contributed by atoms with Gasteiger partial charge in [-0.25, -0.2) is 9.50 Å². The third-order valence-electron chi connectivity index (χ3n) is 7.63. The van der Waals surface area contributed by atoms with Crippen LogP contribution in [0.2, 0.25) is 0 Å². The monoisotopic (exact) mass is 477 g/mol. The number of carbonyl (C=O) groups excluding carboxylic acids is 2. The van der Waals surface area contributed by atoms with Crippen molar-refractivity contribution in [3.8, 4) is 0 Å². The highest BCUT2D eigenvalue weighted by Crippen LogP contribution is 2.36. The Morgan fingerprint density at radius 3 is 2.71 bits per heavy atom. The van der Waals surface area contributed by atoms with E-state index in [0.29, 0.717) is 30.5 Å². The SMILES string of the molecule is CCn1nccc1C(=O)N[C@H](c1cn2nc(CC3C[C@@H](C)NC3=O)ccc2n1)[C@H]1CC[C@H](C)CC1. The summed E-state index contributed by atoms with van der Waals surface area (Å²) in [6.07, 6.45) is 9.47. The van der Waals surface area contributed by atoms with Gasteiger partial charge < -0.3 is 10.6 Å². The van der Waals surface area contributed by atoms with Crippen molar-refractivity contribution in [1.82, 2.24) is 35.0 Å². The fourth-order valence-electron chi connectivity index (χ4n) is 5.63. The topological polar surface area (TPSA) is 106 Å². The number of hydrogen-bond acceptors (Lipinski definition) is 5. The lowest BCUT2D eigenvalue weighted by Gasteiger charge is -2.32. The van der Waals surface area contributed by atoms with Crippen LogP contribution in [0.5, 0.6) is 0 Å². The summed E-state index contributed by atoms with van der Waals surface area (Å²) in [6.45, 7) is 6.95. The summed E-state index contributed by atoms with van der Waals surface area (Å²) in [6, 6.07) is 5.69. The molecule has 1 unspecified atom stereocenters. The van der Waals surface area contributed by atoms with E-state index in [-0.39, 0.29) is 29.8 Å². The van der Waals surface area contributed by atoms with Crippen LogP contribution in [0.1, 0.15) is 80.8 Å². The van der Waals surface area contributed by atoms with Gasteiger partial charge in [0.05, 0.1) is 23.6 Å². The van der Waals surface area contributed by atoms with E-state index in [2.05, 4.69) is 22.7 Å². The normalized spacial score (nSPS) is 25.5. The minimum atomic E-state index is -0.193. The van der Waals surface area contributed by atoms with Crippen molar-refractivity contribution < 1.29 is 9.59 Å². The van der Waals surface area contributed by atoms with Crippen molar-refractivity contribution in [2.24, 2.45) is 17.8 Å². The number of nitrogens with zero attached hydrogens (tertiary/aromatic N) is 5. The summed E-state index contributed by atoms with van der Waals surface area (Å²) in [5.74, 6) is 0.968. The Morgan fingerprint density at radius 2 is 2.00 bits per heavy atom. The van der Waals surface area contributed by atoms with E-state index in [1.165, 1.54) is 0 Å². The molecule has 2 aliphatic rings. The maximum absolute atomic E-state index is 13.2. The Hall–Kier alpha value is -3.23. The van der Waals surface area contributed by atoms with Crippen molar-refractivity contribution in [3.05, 3.63) is 47.7 Å². The summed E-state index contributed by atoms with van der Waals surface area (Å²) >= 11 is 0. The van der Waals surface area contributed by atoms with Crippen LogP contribution in [-0.2, 0) is 17.8 Å². The highest BCUT2D eigenvalue weighted by Gasteiger charge is 2.32. The van der Waals surface area contributed by atoms with E-state index in [9.17, 15) is 9.59 Å². The van der Waals surface area contributed by atoms with E-state index in [0.717, 1.165) is 49.1 Å². The molecule has 2 fully saturated rings. The Kier molecular flexibility index (Phi) is 6.58. The maximum atomic E-state index is 13.2. The number of aryl methyl sites for hydroxylation is 1. The molecule has 3 atom stereocenters. The molecule has 0 radical (unpaired) electrons. The zero-order valence-electron chi connectivity index (χ0n) is 20.8. The lowest BCUT2D eigenvalue weighted by atomic mass is 9.78. The molecule has 1 saturated heterocycles. The second kappa shape index (κ2) is 9.79. The van der Waals surface area contributed by atoms with Crippen LogP contribution in [-0.4, -0.2) is 42.2 Å². The first kappa shape index (κ1) is 23.5. The smallest absolute Gasteiger partial charge is 0.270 e. The number of imidazole rings is 1. The molecule has 9 nitrogen and oxygen atoms in total. The van der Waals surface area contributed by atoms with Crippen molar-refractivity contribution >= 4 is 17.5 Å². The number of hydrogen-bond donors (Lipinski definition) is 2. The number of fused-ring (bicyclic) bond motifs is 1. The van der Waals surface area contributed by atoms with Crippen LogP contribution in [0.4, 0.5) is 0 Å². The predicted octanol–water partition coefficient (Wildman–Crippen LogP) is 3.31. The second-order valence-corrected chi connectivity index (χ2v) is 10.3. The highest BCUT2D eigenvalue weighted by atomic mass is 16.2. The van der Waals surface area contributed by atoms with Crippen LogP contribution in [0.3, 0.4) is 0 Å². The molecule has 5 rings (SSSR count). The fourth-order valence-corrected chi connectivity index (χ4v) is 5.63. The van der Waals surface area contributed by atoms with E-state index in [1.54, 1.807) is 21.5 Å². The van der Waals surface area contributed by atoms with Crippen LogP contribution in [0.15, 0.2) is 30.6 Å². The Morgan fingerprint density at radius 1 is 1.20 bits per heavy atom. The van der Waals surface area contributed by atoms with Gasteiger partial charge in [-0.3, -0.25) is 14.3 Å². The van der Waals surface area contributed by atoms with Gasteiger partial charge in [-0.1, -0.05) is 19.8 Å². The highest BCUT2D eigenvalue weighted by molar-refractivity contribution is 5.92. The van der Waals surface area contributed by atoms with E-state index in [4.69, 9.17) is 10.1 Å². The molecular formula is C26H35N7O2. The Labute approximate surface area is 205 Å². The van der Waals surface area contributed by atoms with Gasteiger partial charge in [-0.05, 0) is 63.1 Å². The molecule has 3 aromatic heterocycles. The molecule has 35 heavy (non-hydrogen) atoms. The molecular weight excluding hydrogens is 442 g/mol. The standard InChI is InChI=1S/C26H35N7O2/c1-4-32-22(11-12-27-32)26(35)30-24(18-7-5-16(2)6-8-18)21-15-33-23(29-21)10-9-20(31-33)14-19-13-17(3)28-25(19)34/h9-12,15-19,24H,4-8,13-14H2,1-3H3,(H,28,34)(H,30,35)/t16-,17-,18-,19?,24+/m1/s1. The summed E-state index contributed by atoms with van der Waals surface area (Å²) < 4.78 is 3.51. The van der Waals surface area contributed by atoms with Gasteiger partial charge in [-0.15, -0.1) is 0 Å². The van der Waals surface area contributed by atoms with Crippen molar-refractivity contribution in [1.29, 1.82) is 0 Å². The molecule has 0 spiro atoms.